The van der Waals surface area contributed by atoms with Crippen molar-refractivity contribution in [3.8, 4) is 0 Å². The topological polar surface area (TPSA) is 142 Å². The number of ether oxygens (including phenoxy) is 8. The Balaban J connectivity index is 5.56. The molecular formula is C33H60O12. The van der Waals surface area contributed by atoms with Gasteiger partial charge in [0.1, 0.15) is 22.4 Å². The van der Waals surface area contributed by atoms with Crippen molar-refractivity contribution in [3.63, 3.8) is 0 Å². The smallest absolute Gasteiger partial charge is 0.308 e. The Morgan fingerprint density at radius 1 is 0.356 bits per heavy atom. The summed E-state index contributed by atoms with van der Waals surface area (Å²) in [6, 6.07) is 0. The van der Waals surface area contributed by atoms with Crippen LogP contribution in [0.1, 0.15) is 109 Å². The molecule has 0 spiro atoms. The molecule has 0 bridgehead atoms. The van der Waals surface area contributed by atoms with Gasteiger partial charge in [0.05, 0.1) is 84.0 Å². The van der Waals surface area contributed by atoms with E-state index in [0.29, 0.717) is 0 Å². The zero-order chi connectivity index (χ0) is 35.0. The van der Waals surface area contributed by atoms with E-state index in [-0.39, 0.29) is 78.5 Å². The highest BCUT2D eigenvalue weighted by Gasteiger charge is 2.33. The van der Waals surface area contributed by atoms with Crippen LogP contribution >= 0.6 is 0 Å². The molecule has 0 radical (unpaired) electrons. The van der Waals surface area contributed by atoms with Crippen LogP contribution in [0.2, 0.25) is 0 Å². The van der Waals surface area contributed by atoms with Gasteiger partial charge >= 0.3 is 23.9 Å². The number of hydrogen-bond donors (Lipinski definition) is 0. The van der Waals surface area contributed by atoms with Crippen molar-refractivity contribution in [1.82, 2.24) is 0 Å². The van der Waals surface area contributed by atoms with Crippen LogP contribution in [0.3, 0.4) is 0 Å². The molecule has 12 nitrogen and oxygen atoms in total. The Morgan fingerprint density at radius 2 is 0.533 bits per heavy atom. The van der Waals surface area contributed by atoms with Gasteiger partial charge in [-0.1, -0.05) is 0 Å². The van der Waals surface area contributed by atoms with Crippen LogP contribution in [0.25, 0.3) is 0 Å². The lowest BCUT2D eigenvalue weighted by atomic mass is 9.92. The van der Waals surface area contributed by atoms with E-state index in [1.807, 2.05) is 0 Å². The second-order valence-corrected chi connectivity index (χ2v) is 15.1. The summed E-state index contributed by atoms with van der Waals surface area (Å²) in [4.78, 5) is 48.8. The maximum Gasteiger partial charge on any atom is 0.308 e. The van der Waals surface area contributed by atoms with E-state index in [4.69, 9.17) is 37.9 Å². The van der Waals surface area contributed by atoms with Crippen molar-refractivity contribution < 1.29 is 57.1 Å². The lowest BCUT2D eigenvalue weighted by molar-refractivity contribution is -0.157. The molecule has 0 aromatic rings. The number of hydrogen-bond acceptors (Lipinski definition) is 12. The van der Waals surface area contributed by atoms with Gasteiger partial charge < -0.3 is 37.9 Å². The number of esters is 4. The van der Waals surface area contributed by atoms with Crippen molar-refractivity contribution >= 4 is 23.9 Å². The fourth-order valence-corrected chi connectivity index (χ4v) is 3.60. The van der Waals surface area contributed by atoms with Gasteiger partial charge in [-0.2, -0.15) is 0 Å². The van der Waals surface area contributed by atoms with Gasteiger partial charge in [0.15, 0.2) is 0 Å². The fraction of sp³-hybridized carbons (Fsp3) is 0.879. The summed E-state index contributed by atoms with van der Waals surface area (Å²) in [6.07, 6.45) is 0.134. The molecule has 0 fully saturated rings. The van der Waals surface area contributed by atoms with E-state index >= 15 is 0 Å². The third-order valence-corrected chi connectivity index (χ3v) is 5.12. The minimum absolute atomic E-state index is 0.0336. The molecule has 264 valence electrons. The van der Waals surface area contributed by atoms with E-state index in [2.05, 4.69) is 0 Å². The summed E-state index contributed by atoms with van der Waals surface area (Å²) >= 11 is 0. The third kappa shape index (κ3) is 26.6. The van der Waals surface area contributed by atoms with Crippen LogP contribution in [0, 0.1) is 5.41 Å². The zero-order valence-corrected chi connectivity index (χ0v) is 29.9. The highest BCUT2D eigenvalue weighted by Crippen LogP contribution is 2.22. The van der Waals surface area contributed by atoms with Gasteiger partial charge in [-0.25, -0.2) is 0 Å². The monoisotopic (exact) mass is 648 g/mol. The van der Waals surface area contributed by atoms with E-state index in [0.717, 1.165) is 0 Å². The number of carbonyl (C=O) groups excluding carboxylic acids is 4. The summed E-state index contributed by atoms with van der Waals surface area (Å²) in [5, 5.41) is 0. The average molecular weight is 649 g/mol. The average Bonchev–Trinajstić information content (AvgIpc) is 2.80. The molecule has 45 heavy (non-hydrogen) atoms. The first-order chi connectivity index (χ1) is 20.4. The Bertz CT molecular complexity index is 751. The van der Waals surface area contributed by atoms with Gasteiger partial charge in [-0.05, 0) is 83.1 Å². The van der Waals surface area contributed by atoms with Crippen molar-refractivity contribution in [2.45, 2.75) is 131 Å². The van der Waals surface area contributed by atoms with E-state index in [1.165, 1.54) is 0 Å². The maximum absolute atomic E-state index is 12.2. The third-order valence-electron chi connectivity index (χ3n) is 5.12. The second-order valence-electron chi connectivity index (χ2n) is 15.1. The van der Waals surface area contributed by atoms with Crippen LogP contribution in [-0.2, 0) is 57.1 Å². The molecule has 0 rings (SSSR count). The molecule has 0 aliphatic heterocycles. The second kappa shape index (κ2) is 19.4. The van der Waals surface area contributed by atoms with Gasteiger partial charge in [0, 0.05) is 0 Å². The molecule has 0 heterocycles. The molecule has 0 aliphatic carbocycles. The van der Waals surface area contributed by atoms with Crippen LogP contribution < -0.4 is 0 Å². The van der Waals surface area contributed by atoms with E-state index < -0.39 is 51.7 Å². The molecule has 0 N–H and O–H groups in total. The standard InChI is InChI=1S/C33H60O12/c1-29(2,3)42-25(34)13-17-38-21-33(22-39-18-14-26(35)43-30(4,5)6,23-40-19-15-27(36)44-31(7,8)9)24-41-20-16-28(37)45-32(10,11)12/h13-24H2,1-12H3. The van der Waals surface area contributed by atoms with Crippen molar-refractivity contribution in [3.05, 3.63) is 0 Å². The highest BCUT2D eigenvalue weighted by atomic mass is 16.6. The summed E-state index contributed by atoms with van der Waals surface area (Å²) in [7, 11) is 0. The predicted molar refractivity (Wildman–Crippen MR) is 168 cm³/mol. The Labute approximate surface area is 270 Å². The van der Waals surface area contributed by atoms with Gasteiger partial charge in [0.2, 0.25) is 0 Å². The van der Waals surface area contributed by atoms with Crippen LogP contribution in [0.15, 0.2) is 0 Å². The zero-order valence-electron chi connectivity index (χ0n) is 29.9. The van der Waals surface area contributed by atoms with Crippen molar-refractivity contribution in [1.29, 1.82) is 0 Å². The van der Waals surface area contributed by atoms with E-state index in [9.17, 15) is 19.2 Å². The van der Waals surface area contributed by atoms with E-state index in [1.54, 1.807) is 83.1 Å². The Kier molecular flexibility index (Phi) is 18.4. The number of rotatable bonds is 20. The van der Waals surface area contributed by atoms with Crippen LogP contribution in [-0.4, -0.2) is 99.1 Å². The summed E-state index contributed by atoms with van der Waals surface area (Å²) < 4.78 is 45.0. The first-order valence-corrected chi connectivity index (χ1v) is 15.6. The largest absolute Gasteiger partial charge is 0.460 e. The molecule has 0 saturated heterocycles. The number of carbonyl (C=O) groups is 4. The minimum atomic E-state index is -0.913. The maximum atomic E-state index is 12.2. The van der Waals surface area contributed by atoms with Crippen molar-refractivity contribution in [2.24, 2.45) is 5.41 Å². The molecule has 0 saturated carbocycles. The van der Waals surface area contributed by atoms with Gasteiger partial charge in [-0.15, -0.1) is 0 Å². The molecule has 12 heteroatoms. The Hall–Kier alpha value is -2.28. The summed E-state index contributed by atoms with van der Waals surface area (Å²) in [5.41, 5.74) is -3.39. The molecule has 0 amide bonds. The first kappa shape index (κ1) is 42.7. The lowest BCUT2D eigenvalue weighted by Gasteiger charge is -2.33. The molecule has 0 aromatic heterocycles. The molecule has 0 unspecified atom stereocenters. The summed E-state index contributed by atoms with van der Waals surface area (Å²) in [5.74, 6) is -1.60. The lowest BCUT2D eigenvalue weighted by Crippen LogP contribution is -2.42. The molecule has 0 atom stereocenters. The first-order valence-electron chi connectivity index (χ1n) is 15.6. The quantitative estimate of drug-likeness (QED) is 0.1000. The van der Waals surface area contributed by atoms with Gasteiger partial charge in [-0.3, -0.25) is 19.2 Å². The fourth-order valence-electron chi connectivity index (χ4n) is 3.60. The molecular weight excluding hydrogens is 588 g/mol. The summed E-state index contributed by atoms with van der Waals surface area (Å²) in [6.45, 7) is 22.0. The molecule has 0 aliphatic rings. The van der Waals surface area contributed by atoms with Crippen LogP contribution in [0.4, 0.5) is 0 Å². The van der Waals surface area contributed by atoms with Crippen LogP contribution in [0.5, 0.6) is 0 Å². The van der Waals surface area contributed by atoms with Gasteiger partial charge in [0.25, 0.3) is 0 Å². The molecule has 0 aromatic carbocycles. The highest BCUT2D eigenvalue weighted by molar-refractivity contribution is 5.71. The van der Waals surface area contributed by atoms with Crippen molar-refractivity contribution in [2.75, 3.05) is 52.9 Å². The normalized spacial score (nSPS) is 12.9. The predicted octanol–water partition coefficient (Wildman–Crippen LogP) is 4.97. The SMILES string of the molecule is CC(C)(C)OC(=O)CCOCC(COCCC(=O)OC(C)(C)C)(COCCC(=O)OC(C)(C)C)COCCC(=O)OC(C)(C)C. The minimum Gasteiger partial charge on any atom is -0.460 e. The Morgan fingerprint density at radius 3 is 0.689 bits per heavy atom.